The fraction of sp³-hybridized carbons (Fsp3) is 0.120. The summed E-state index contributed by atoms with van der Waals surface area (Å²) in [6.45, 7) is 9.55. The fourth-order valence-corrected chi connectivity index (χ4v) is 3.34. The molecule has 0 saturated carbocycles. The third kappa shape index (κ3) is 3.90. The van der Waals surface area contributed by atoms with E-state index in [1.54, 1.807) is 25.1 Å². The van der Waals surface area contributed by atoms with Gasteiger partial charge < -0.3 is 9.15 Å². The van der Waals surface area contributed by atoms with Gasteiger partial charge in [-0.25, -0.2) is 9.64 Å². The van der Waals surface area contributed by atoms with Gasteiger partial charge in [-0.15, -0.1) is 0 Å². The zero-order chi connectivity index (χ0) is 20.2. The first-order chi connectivity index (χ1) is 14.2. The molecule has 1 aromatic heterocycles. The van der Waals surface area contributed by atoms with Crippen LogP contribution < -0.4 is 0 Å². The minimum atomic E-state index is -0.431. The molecule has 3 aromatic carbocycles. The zero-order valence-corrected chi connectivity index (χ0v) is 16.0. The smallest absolute Gasteiger partial charge is 0.336 e. The van der Waals surface area contributed by atoms with E-state index >= 15 is 0 Å². The predicted octanol–water partition coefficient (Wildman–Crippen LogP) is 6.42. The van der Waals surface area contributed by atoms with Gasteiger partial charge in [0.05, 0.1) is 13.2 Å². The first-order valence-electron chi connectivity index (χ1n) is 9.43. The molecule has 0 aliphatic carbocycles. The van der Waals surface area contributed by atoms with Crippen LogP contribution in [0.15, 0.2) is 77.2 Å². The van der Waals surface area contributed by atoms with Crippen LogP contribution in [0.4, 0.5) is 5.69 Å². The molecule has 0 saturated heterocycles. The van der Waals surface area contributed by atoms with Crippen LogP contribution in [0.3, 0.4) is 0 Å². The largest absolute Gasteiger partial charge is 0.462 e. The van der Waals surface area contributed by atoms with Crippen LogP contribution in [-0.2, 0) is 11.2 Å². The molecule has 0 aliphatic heterocycles. The van der Waals surface area contributed by atoms with E-state index in [0.717, 1.165) is 17.4 Å². The van der Waals surface area contributed by atoms with Gasteiger partial charge in [0.25, 0.3) is 0 Å². The molecule has 29 heavy (non-hydrogen) atoms. The van der Waals surface area contributed by atoms with Crippen LogP contribution in [0, 0.1) is 6.57 Å². The van der Waals surface area contributed by atoms with Crippen LogP contribution in [0.1, 0.15) is 28.4 Å². The minimum Gasteiger partial charge on any atom is -0.462 e. The van der Waals surface area contributed by atoms with E-state index in [-0.39, 0.29) is 0 Å². The molecule has 142 valence electrons. The fourth-order valence-electron chi connectivity index (χ4n) is 3.34. The van der Waals surface area contributed by atoms with Crippen molar-refractivity contribution in [2.45, 2.75) is 13.3 Å². The minimum absolute atomic E-state index is 0.294. The van der Waals surface area contributed by atoms with Crippen molar-refractivity contribution in [3.05, 3.63) is 101 Å². The second kappa shape index (κ2) is 8.04. The van der Waals surface area contributed by atoms with Crippen molar-refractivity contribution in [1.82, 2.24) is 0 Å². The Hall–Kier alpha value is -3.84. The van der Waals surface area contributed by atoms with E-state index in [2.05, 4.69) is 29.1 Å². The van der Waals surface area contributed by atoms with E-state index < -0.39 is 5.97 Å². The van der Waals surface area contributed by atoms with E-state index in [0.29, 0.717) is 29.2 Å². The summed E-state index contributed by atoms with van der Waals surface area (Å²) in [5, 5.41) is 0.985. The van der Waals surface area contributed by atoms with Crippen LogP contribution in [0.2, 0.25) is 0 Å². The van der Waals surface area contributed by atoms with Gasteiger partial charge in [-0.2, -0.15) is 0 Å². The maximum atomic E-state index is 11.9. The molecule has 0 radical (unpaired) electrons. The third-order valence-electron chi connectivity index (χ3n) is 4.73. The number of rotatable bonds is 5. The average molecular weight is 381 g/mol. The van der Waals surface area contributed by atoms with Crippen molar-refractivity contribution < 1.29 is 13.9 Å². The number of carbonyl (C=O) groups excluding carboxylic acids is 1. The summed E-state index contributed by atoms with van der Waals surface area (Å²) in [4.78, 5) is 15.5. The quantitative estimate of drug-likeness (QED) is 0.296. The predicted molar refractivity (Wildman–Crippen MR) is 113 cm³/mol. The second-order valence-electron chi connectivity index (χ2n) is 6.71. The van der Waals surface area contributed by atoms with Crippen molar-refractivity contribution >= 4 is 22.6 Å². The number of hydrogen-bond acceptors (Lipinski definition) is 3. The topological polar surface area (TPSA) is 43.8 Å². The van der Waals surface area contributed by atoms with Gasteiger partial charge in [0.1, 0.15) is 11.3 Å². The van der Waals surface area contributed by atoms with Gasteiger partial charge in [-0.3, -0.25) is 0 Å². The van der Waals surface area contributed by atoms with E-state index in [9.17, 15) is 4.79 Å². The van der Waals surface area contributed by atoms with Crippen molar-refractivity contribution in [3.8, 4) is 11.3 Å². The number of fused-ring (bicyclic) bond motifs is 1. The Kier molecular flexibility index (Phi) is 5.13. The summed E-state index contributed by atoms with van der Waals surface area (Å²) in [7, 11) is 0. The van der Waals surface area contributed by atoms with E-state index in [1.807, 2.05) is 30.3 Å². The summed E-state index contributed by atoms with van der Waals surface area (Å²) in [6.07, 6.45) is 0.846. The van der Waals surface area contributed by atoms with Crippen LogP contribution in [0.5, 0.6) is 0 Å². The van der Waals surface area contributed by atoms with Gasteiger partial charge >= 0.3 is 5.97 Å². The Morgan fingerprint density at radius 2 is 1.83 bits per heavy atom. The van der Waals surface area contributed by atoms with Crippen molar-refractivity contribution in [1.29, 1.82) is 0 Å². The van der Waals surface area contributed by atoms with E-state index in [4.69, 9.17) is 15.7 Å². The summed E-state index contributed by atoms with van der Waals surface area (Å²) in [5.74, 6) is 0.178. The highest BCUT2D eigenvalue weighted by Gasteiger charge is 2.15. The second-order valence-corrected chi connectivity index (χ2v) is 6.71. The van der Waals surface area contributed by atoms with Gasteiger partial charge in [0.2, 0.25) is 0 Å². The number of benzene rings is 3. The third-order valence-corrected chi connectivity index (χ3v) is 4.73. The summed E-state index contributed by atoms with van der Waals surface area (Å²) >= 11 is 0. The van der Waals surface area contributed by atoms with Gasteiger partial charge in [0, 0.05) is 16.5 Å². The molecule has 4 aromatic rings. The lowest BCUT2D eigenvalue weighted by Crippen LogP contribution is -2.04. The average Bonchev–Trinajstić information content (AvgIpc) is 3.17. The lowest BCUT2D eigenvalue weighted by Gasteiger charge is -2.05. The van der Waals surface area contributed by atoms with Crippen molar-refractivity contribution in [3.63, 3.8) is 0 Å². The molecule has 0 unspecified atom stereocenters. The lowest BCUT2D eigenvalue weighted by atomic mass is 10.0. The summed E-state index contributed by atoms with van der Waals surface area (Å²) in [5.41, 5.74) is 4.59. The first kappa shape index (κ1) is 18.5. The molecule has 4 nitrogen and oxygen atoms in total. The highest BCUT2D eigenvalue weighted by atomic mass is 16.5. The Balaban J connectivity index is 1.67. The standard InChI is InChI=1S/C25H19NO3/c1-3-28-25(27)19-10-11-21(22(15-19)26-2)24-16-20-14-18(9-12-23(20)29-24)13-17-7-5-4-6-8-17/h4-12,14-16H,3,13H2,1H3. The van der Waals surface area contributed by atoms with E-state index in [1.165, 1.54) is 11.1 Å². The molecule has 4 rings (SSSR count). The van der Waals surface area contributed by atoms with Crippen LogP contribution in [-0.4, -0.2) is 12.6 Å². The maximum Gasteiger partial charge on any atom is 0.336 e. The van der Waals surface area contributed by atoms with Crippen molar-refractivity contribution in [2.75, 3.05) is 6.61 Å². The number of ether oxygens (including phenoxy) is 1. The van der Waals surface area contributed by atoms with Crippen LogP contribution >= 0.6 is 0 Å². The highest BCUT2D eigenvalue weighted by Crippen LogP contribution is 2.35. The SMILES string of the molecule is [C-]#[N+]c1cc(C(=O)OCC)ccc1-c1cc2cc(Cc3ccccc3)ccc2o1. The Bertz CT molecular complexity index is 1220. The molecule has 0 bridgehead atoms. The molecular formula is C25H19NO3. The van der Waals surface area contributed by atoms with Gasteiger partial charge in [-0.1, -0.05) is 42.5 Å². The number of furan rings is 1. The molecule has 4 heteroatoms. The monoisotopic (exact) mass is 381 g/mol. The summed E-state index contributed by atoms with van der Waals surface area (Å²) in [6, 6.07) is 23.3. The Labute approximate surface area is 169 Å². The Morgan fingerprint density at radius 1 is 1.00 bits per heavy atom. The molecule has 1 heterocycles. The maximum absolute atomic E-state index is 11.9. The number of carbonyl (C=O) groups is 1. The number of hydrogen-bond donors (Lipinski definition) is 0. The molecule has 0 N–H and O–H groups in total. The first-order valence-corrected chi connectivity index (χ1v) is 9.43. The number of nitrogens with zero attached hydrogens (tertiary/aromatic N) is 1. The normalized spacial score (nSPS) is 10.6. The lowest BCUT2D eigenvalue weighted by molar-refractivity contribution is 0.0526. The molecule has 0 aliphatic rings. The Morgan fingerprint density at radius 3 is 2.59 bits per heavy atom. The van der Waals surface area contributed by atoms with Gasteiger partial charge in [-0.05, 0) is 54.8 Å². The highest BCUT2D eigenvalue weighted by molar-refractivity contribution is 5.94. The molecular weight excluding hydrogens is 362 g/mol. The molecule has 0 amide bonds. The zero-order valence-electron chi connectivity index (χ0n) is 16.0. The molecule has 0 fully saturated rings. The molecule has 0 atom stereocenters. The van der Waals surface area contributed by atoms with Crippen LogP contribution in [0.25, 0.3) is 27.1 Å². The number of esters is 1. The molecule has 0 spiro atoms. The summed E-state index contributed by atoms with van der Waals surface area (Å²) < 4.78 is 11.0. The van der Waals surface area contributed by atoms with Crippen molar-refractivity contribution in [2.24, 2.45) is 0 Å². The van der Waals surface area contributed by atoms with Gasteiger partial charge in [0.15, 0.2) is 5.69 Å².